The van der Waals surface area contributed by atoms with Gasteiger partial charge in [-0.2, -0.15) is 0 Å². The molecule has 0 radical (unpaired) electrons. The monoisotopic (exact) mass is 212 g/mol. The van der Waals surface area contributed by atoms with Crippen molar-refractivity contribution in [2.24, 2.45) is 0 Å². The number of ether oxygens (including phenoxy) is 2. The molecule has 0 aliphatic rings. The van der Waals surface area contributed by atoms with Crippen LogP contribution < -0.4 is 5.84 Å². The molecule has 1 aromatic rings. The molecule has 1 heterocycles. The topological polar surface area (TPSA) is 83.6 Å². The maximum atomic E-state index is 11.3. The Morgan fingerprint density at radius 3 is 2.33 bits per heavy atom. The normalized spacial score (nSPS) is 9.73. The largest absolute Gasteiger partial charge is 0.464 e. The molecule has 0 bridgehead atoms. The fourth-order valence-corrected chi connectivity index (χ4v) is 1.09. The van der Waals surface area contributed by atoms with Gasteiger partial charge >= 0.3 is 11.9 Å². The molecule has 2 N–H and O–H groups in total. The molecule has 0 aliphatic carbocycles. The van der Waals surface area contributed by atoms with Gasteiger partial charge in [0.15, 0.2) is 0 Å². The highest BCUT2D eigenvalue weighted by molar-refractivity contribution is 5.93. The van der Waals surface area contributed by atoms with Crippen molar-refractivity contribution in [3.63, 3.8) is 0 Å². The van der Waals surface area contributed by atoms with Gasteiger partial charge in [0.2, 0.25) is 0 Å². The minimum atomic E-state index is -0.604. The molecule has 0 aromatic carbocycles. The average Bonchev–Trinajstić information content (AvgIpc) is 2.59. The van der Waals surface area contributed by atoms with Crippen LogP contribution in [0.3, 0.4) is 0 Å². The summed E-state index contributed by atoms with van der Waals surface area (Å²) in [5.41, 5.74) is 0.206. The van der Waals surface area contributed by atoms with Crippen LogP contribution in [-0.4, -0.2) is 30.3 Å². The van der Waals surface area contributed by atoms with Gasteiger partial charge in [-0.3, -0.25) is 0 Å². The van der Waals surface area contributed by atoms with Crippen molar-refractivity contribution < 1.29 is 19.1 Å². The molecular formula is C9H12N2O4. The summed E-state index contributed by atoms with van der Waals surface area (Å²) in [4.78, 5) is 22.5. The zero-order valence-electron chi connectivity index (χ0n) is 8.52. The second-order valence-corrected chi connectivity index (χ2v) is 2.69. The van der Waals surface area contributed by atoms with Crippen molar-refractivity contribution in [2.75, 3.05) is 19.6 Å². The Bertz CT molecular complexity index is 383. The second-order valence-electron chi connectivity index (χ2n) is 2.69. The Morgan fingerprint density at radius 1 is 1.33 bits per heavy atom. The first-order valence-electron chi connectivity index (χ1n) is 4.34. The predicted octanol–water partition coefficient (Wildman–Crippen LogP) is 0.165. The molecule has 6 nitrogen and oxygen atoms in total. The summed E-state index contributed by atoms with van der Waals surface area (Å²) in [7, 11) is 1.24. The smallest absolute Gasteiger partial charge is 0.356 e. The van der Waals surface area contributed by atoms with E-state index in [1.165, 1.54) is 19.2 Å². The van der Waals surface area contributed by atoms with Crippen LogP contribution in [0.1, 0.15) is 27.9 Å². The number of nitrogens with two attached hydrogens (primary N) is 1. The van der Waals surface area contributed by atoms with E-state index in [9.17, 15) is 9.59 Å². The lowest BCUT2D eigenvalue weighted by molar-refractivity contribution is 0.0515. The van der Waals surface area contributed by atoms with Gasteiger partial charge in [-0.1, -0.05) is 0 Å². The highest BCUT2D eigenvalue weighted by Gasteiger charge is 2.18. The van der Waals surface area contributed by atoms with Gasteiger partial charge in [0.05, 0.1) is 13.7 Å². The van der Waals surface area contributed by atoms with Gasteiger partial charge in [0.1, 0.15) is 11.4 Å². The molecule has 0 atom stereocenters. The quantitative estimate of drug-likeness (QED) is 0.570. The molecule has 0 saturated heterocycles. The van der Waals surface area contributed by atoms with Crippen LogP contribution >= 0.6 is 0 Å². The molecule has 1 aromatic heterocycles. The van der Waals surface area contributed by atoms with Crippen molar-refractivity contribution >= 4 is 11.9 Å². The van der Waals surface area contributed by atoms with E-state index in [2.05, 4.69) is 4.74 Å². The fourth-order valence-electron chi connectivity index (χ4n) is 1.09. The standard InChI is InChI=1S/C9H12N2O4/c1-3-15-9(13)7-5-4-6(11(7)10)8(12)14-2/h4-5H,3,10H2,1-2H3. The number of nitrogen functional groups attached to an aromatic ring is 1. The molecule has 15 heavy (non-hydrogen) atoms. The zero-order valence-corrected chi connectivity index (χ0v) is 8.52. The van der Waals surface area contributed by atoms with Gasteiger partial charge in [-0.25, -0.2) is 14.3 Å². The Balaban J connectivity index is 2.98. The van der Waals surface area contributed by atoms with E-state index in [1.54, 1.807) is 6.92 Å². The minimum absolute atomic E-state index is 0.0977. The maximum absolute atomic E-state index is 11.3. The van der Waals surface area contributed by atoms with E-state index in [4.69, 9.17) is 10.6 Å². The lowest BCUT2D eigenvalue weighted by atomic mass is 10.4. The van der Waals surface area contributed by atoms with Gasteiger partial charge in [-0.15, -0.1) is 0 Å². The Hall–Kier alpha value is -1.98. The number of hydrogen-bond acceptors (Lipinski definition) is 5. The lowest BCUT2D eigenvalue weighted by Crippen LogP contribution is -2.22. The number of hydrogen-bond donors (Lipinski definition) is 1. The van der Waals surface area contributed by atoms with Gasteiger partial charge < -0.3 is 15.3 Å². The summed E-state index contributed by atoms with van der Waals surface area (Å²) >= 11 is 0. The Morgan fingerprint density at radius 2 is 1.87 bits per heavy atom. The third-order valence-corrected chi connectivity index (χ3v) is 1.80. The van der Waals surface area contributed by atoms with Crippen molar-refractivity contribution in [1.29, 1.82) is 0 Å². The van der Waals surface area contributed by atoms with E-state index in [0.717, 1.165) is 4.68 Å². The molecule has 0 saturated carbocycles. The van der Waals surface area contributed by atoms with E-state index in [0.29, 0.717) is 0 Å². The van der Waals surface area contributed by atoms with Crippen molar-refractivity contribution in [3.8, 4) is 0 Å². The van der Waals surface area contributed by atoms with Crippen LogP contribution in [0.15, 0.2) is 12.1 Å². The molecule has 0 spiro atoms. The van der Waals surface area contributed by atoms with Gasteiger partial charge in [0.25, 0.3) is 0 Å². The van der Waals surface area contributed by atoms with Gasteiger partial charge in [-0.05, 0) is 19.1 Å². The molecule has 0 fully saturated rings. The molecule has 0 unspecified atom stereocenters. The highest BCUT2D eigenvalue weighted by Crippen LogP contribution is 2.08. The van der Waals surface area contributed by atoms with Crippen LogP contribution in [0.25, 0.3) is 0 Å². The first-order chi connectivity index (χ1) is 7.11. The second kappa shape index (κ2) is 4.50. The summed E-state index contributed by atoms with van der Waals surface area (Å²) < 4.78 is 10.2. The molecular weight excluding hydrogens is 200 g/mol. The summed E-state index contributed by atoms with van der Waals surface area (Å²) in [5, 5.41) is 0. The number of methoxy groups -OCH3 is 1. The molecule has 6 heteroatoms. The third kappa shape index (κ3) is 2.09. The van der Waals surface area contributed by atoms with Crippen LogP contribution in [-0.2, 0) is 9.47 Å². The number of carbonyl (C=O) groups is 2. The number of aromatic nitrogens is 1. The number of rotatable bonds is 3. The van der Waals surface area contributed by atoms with E-state index in [-0.39, 0.29) is 18.0 Å². The molecule has 82 valence electrons. The van der Waals surface area contributed by atoms with Crippen molar-refractivity contribution in [2.45, 2.75) is 6.92 Å². The van der Waals surface area contributed by atoms with Gasteiger partial charge in [0, 0.05) is 0 Å². The van der Waals surface area contributed by atoms with Crippen molar-refractivity contribution in [3.05, 3.63) is 23.5 Å². The summed E-state index contributed by atoms with van der Waals surface area (Å²) in [5.74, 6) is 4.35. The lowest BCUT2D eigenvalue weighted by Gasteiger charge is -2.05. The minimum Gasteiger partial charge on any atom is -0.464 e. The number of carbonyl (C=O) groups excluding carboxylic acids is 2. The Kier molecular flexibility index (Phi) is 3.33. The van der Waals surface area contributed by atoms with Crippen molar-refractivity contribution in [1.82, 2.24) is 4.68 Å². The zero-order chi connectivity index (χ0) is 11.4. The van der Waals surface area contributed by atoms with E-state index in [1.807, 2.05) is 0 Å². The van der Waals surface area contributed by atoms with Crippen LogP contribution in [0.4, 0.5) is 0 Å². The molecule has 0 amide bonds. The summed E-state index contributed by atoms with van der Waals surface area (Å²) in [6.45, 7) is 1.93. The maximum Gasteiger partial charge on any atom is 0.356 e. The molecule has 1 rings (SSSR count). The van der Waals surface area contributed by atoms with Crippen LogP contribution in [0, 0.1) is 0 Å². The van der Waals surface area contributed by atoms with E-state index >= 15 is 0 Å². The average molecular weight is 212 g/mol. The summed E-state index contributed by atoms with van der Waals surface area (Å²) in [6, 6.07) is 2.81. The predicted molar refractivity (Wildman–Crippen MR) is 51.9 cm³/mol. The van der Waals surface area contributed by atoms with Crippen LogP contribution in [0.2, 0.25) is 0 Å². The van der Waals surface area contributed by atoms with E-state index < -0.39 is 11.9 Å². The SMILES string of the molecule is CCOC(=O)c1ccc(C(=O)OC)n1N. The first kappa shape index (κ1) is 11.1. The fraction of sp³-hybridized carbons (Fsp3) is 0.333. The summed E-state index contributed by atoms with van der Waals surface area (Å²) in [6.07, 6.45) is 0. The number of nitrogens with zero attached hydrogens (tertiary/aromatic N) is 1. The molecule has 0 aliphatic heterocycles. The Labute approximate surface area is 86.5 Å². The third-order valence-electron chi connectivity index (χ3n) is 1.80. The highest BCUT2D eigenvalue weighted by atomic mass is 16.5. The van der Waals surface area contributed by atoms with Crippen LogP contribution in [0.5, 0.6) is 0 Å². The first-order valence-corrected chi connectivity index (χ1v) is 4.34. The number of esters is 2.